The van der Waals surface area contributed by atoms with Crippen molar-refractivity contribution in [2.45, 2.75) is 0 Å². The normalized spacial score (nSPS) is 10.1. The van der Waals surface area contributed by atoms with Gasteiger partial charge in [-0.1, -0.05) is 182 Å². The van der Waals surface area contributed by atoms with Crippen LogP contribution in [-0.4, -0.2) is 21.4 Å². The van der Waals surface area contributed by atoms with Gasteiger partial charge in [-0.2, -0.15) is 0 Å². The maximum atomic E-state index is 8.00. The Bertz CT molecular complexity index is 1910. The second-order valence-corrected chi connectivity index (χ2v) is 22.1. The van der Waals surface area contributed by atoms with E-state index in [-0.39, 0.29) is 23.8 Å². The molecule has 0 spiro atoms. The molecule has 0 fully saturated rings. The molecule has 0 unspecified atom stereocenters. The number of hydrogen-bond acceptors (Lipinski definition) is 1. The van der Waals surface area contributed by atoms with Crippen LogP contribution in [0.2, 0.25) is 0 Å². The van der Waals surface area contributed by atoms with Crippen LogP contribution < -0.4 is 44.9 Å². The molecule has 0 amide bonds. The first kappa shape index (κ1) is 45.8. The Hall–Kier alpha value is -5.31. The van der Waals surface area contributed by atoms with Gasteiger partial charge in [-0.15, -0.1) is 0 Å². The molecule has 1 nitrogen and oxygen atoms in total. The van der Waals surface area contributed by atoms with E-state index in [4.69, 9.17) is 4.79 Å². The molecule has 0 aliphatic rings. The fourth-order valence-corrected chi connectivity index (χ4v) is 16.0. The van der Waals surface area contributed by atoms with E-state index in [2.05, 4.69) is 273 Å². The molecule has 60 heavy (non-hydrogen) atoms. The first-order valence-electron chi connectivity index (χ1n) is 19.5. The van der Waals surface area contributed by atoms with Crippen molar-refractivity contribution < 1.29 is 28.6 Å². The molecule has 0 aromatic heterocycles. The third kappa shape index (κ3) is 13.4. The van der Waals surface area contributed by atoms with E-state index in [0.29, 0.717) is 0 Å². The van der Waals surface area contributed by atoms with Crippen molar-refractivity contribution >= 4 is 82.2 Å². The van der Waals surface area contributed by atoms with Crippen molar-refractivity contribution in [2.75, 3.05) is 0 Å². The van der Waals surface area contributed by atoms with Gasteiger partial charge < -0.3 is 9.07 Å². The van der Waals surface area contributed by atoms with Crippen LogP contribution in [-0.2, 0) is 24.3 Å². The molecule has 0 N–H and O–H groups in total. The van der Waals surface area contributed by atoms with Gasteiger partial charge >= 0.3 is 138 Å². The van der Waals surface area contributed by atoms with Crippen molar-refractivity contribution in [3.05, 3.63) is 273 Å². The number of benzene rings is 9. The van der Waals surface area contributed by atoms with Crippen molar-refractivity contribution in [3.63, 3.8) is 0 Å². The van der Waals surface area contributed by atoms with Crippen molar-refractivity contribution in [3.8, 4) is 0 Å². The third-order valence-electron chi connectivity index (χ3n) is 9.13. The standard InChI is InChI=1S/C18H15As.2C18H15P.CH2O.Rh.3H/c3*1-4-10-16(11-5-1)19(17-12-6-2-7-13-17)18-14-8-3-9-15-18;1-2;;;;/h3*1-15H;1H2;;;;/q;;;;+3;3*-1. The average molecular weight is 967 g/mol. The SMILES string of the molecule is C=O.[H-].[H-].[H-].[Rh+3].c1ccc(P(c2ccccc2)c2ccccc2)cc1.c1ccc(P(c2ccccc2)c2ccccc2)cc1.c1ccc([As](c2ccccc2)c2ccccc2)cc1. The molecule has 0 radical (unpaired) electrons. The molecule has 0 saturated carbocycles. The van der Waals surface area contributed by atoms with E-state index in [1.54, 1.807) is 0 Å². The van der Waals surface area contributed by atoms with Crippen LogP contribution in [0, 0.1) is 0 Å². The summed E-state index contributed by atoms with van der Waals surface area (Å²) in [6.45, 7) is 2.00. The fourth-order valence-electron chi connectivity index (χ4n) is 6.54. The van der Waals surface area contributed by atoms with Gasteiger partial charge in [0.2, 0.25) is 0 Å². The molecule has 9 aromatic rings. The number of hydrogen-bond donors (Lipinski definition) is 0. The Morgan fingerprint density at radius 2 is 0.383 bits per heavy atom. The Labute approximate surface area is 381 Å². The summed E-state index contributed by atoms with van der Waals surface area (Å²) in [7, 11) is -0.892. The molecule has 0 heterocycles. The molecule has 9 aromatic carbocycles. The first-order valence-corrected chi connectivity index (χ1v) is 25.0. The van der Waals surface area contributed by atoms with E-state index < -0.39 is 30.5 Å². The van der Waals surface area contributed by atoms with Crippen LogP contribution in [0.5, 0.6) is 0 Å². The van der Waals surface area contributed by atoms with Gasteiger partial charge in [-0.25, -0.2) is 0 Å². The first-order chi connectivity index (χ1) is 29.3. The summed E-state index contributed by atoms with van der Waals surface area (Å²) in [5, 5.41) is 8.39. The molecular weight excluding hydrogens is 916 g/mol. The summed E-state index contributed by atoms with van der Waals surface area (Å²) in [5.41, 5.74) is 0. The second kappa shape index (κ2) is 26.0. The summed E-state index contributed by atoms with van der Waals surface area (Å²) in [5.74, 6) is 0. The van der Waals surface area contributed by atoms with Crippen LogP contribution in [0.3, 0.4) is 0 Å². The quantitative estimate of drug-likeness (QED) is 0.104. The number of carbonyl (C=O) groups is 1. The van der Waals surface area contributed by atoms with Gasteiger partial charge in [0, 0.05) is 0 Å². The zero-order valence-corrected chi connectivity index (χ0v) is 38.6. The molecule has 300 valence electrons. The molecule has 0 aliphatic carbocycles. The number of rotatable bonds is 9. The van der Waals surface area contributed by atoms with E-state index in [1.165, 1.54) is 44.9 Å². The van der Waals surface area contributed by atoms with Gasteiger partial charge in [-0.3, -0.25) is 0 Å². The van der Waals surface area contributed by atoms with Crippen LogP contribution in [0.15, 0.2) is 273 Å². The topological polar surface area (TPSA) is 17.1 Å². The van der Waals surface area contributed by atoms with Crippen molar-refractivity contribution in [2.24, 2.45) is 0 Å². The second-order valence-electron chi connectivity index (χ2n) is 13.0. The summed E-state index contributed by atoms with van der Waals surface area (Å²) in [6, 6.07) is 97.4. The van der Waals surface area contributed by atoms with Gasteiger partial charge in [0.15, 0.2) is 0 Å². The third-order valence-corrected chi connectivity index (χ3v) is 19.1. The van der Waals surface area contributed by atoms with E-state index in [1.807, 2.05) is 6.79 Å². The Kier molecular flexibility index (Phi) is 19.8. The summed E-state index contributed by atoms with van der Waals surface area (Å²) in [4.78, 5) is 8.00. The molecule has 0 saturated heterocycles. The van der Waals surface area contributed by atoms with Gasteiger partial charge in [0.25, 0.3) is 0 Å². The molecule has 0 aliphatic heterocycles. The minimum atomic E-state index is -1.39. The summed E-state index contributed by atoms with van der Waals surface area (Å²) >= 11 is -1.39. The Balaban J connectivity index is 0.000000309. The van der Waals surface area contributed by atoms with Crippen molar-refractivity contribution in [1.29, 1.82) is 0 Å². The summed E-state index contributed by atoms with van der Waals surface area (Å²) < 4.78 is 4.44. The fraction of sp³-hybridized carbons (Fsp3) is 0. The van der Waals surface area contributed by atoms with Crippen LogP contribution in [0.4, 0.5) is 0 Å². The molecule has 5 heteroatoms. The number of carbonyl (C=O) groups excluding carboxylic acids is 1. The van der Waals surface area contributed by atoms with Gasteiger partial charge in [0.1, 0.15) is 6.79 Å². The van der Waals surface area contributed by atoms with E-state index in [9.17, 15) is 0 Å². The Morgan fingerprint density at radius 3 is 0.533 bits per heavy atom. The molecule has 0 bridgehead atoms. The van der Waals surface area contributed by atoms with E-state index in [0.717, 1.165) is 0 Å². The monoisotopic (exact) mass is 966 g/mol. The zero-order chi connectivity index (χ0) is 40.7. The van der Waals surface area contributed by atoms with Crippen LogP contribution in [0.25, 0.3) is 0 Å². The van der Waals surface area contributed by atoms with E-state index >= 15 is 0 Å². The van der Waals surface area contributed by atoms with Crippen LogP contribution >= 0.6 is 15.8 Å². The van der Waals surface area contributed by atoms with Gasteiger partial charge in [-0.05, 0) is 47.7 Å². The van der Waals surface area contributed by atoms with Crippen molar-refractivity contribution in [1.82, 2.24) is 0 Å². The molecular formula is C55H50AsOP2Rh. The zero-order valence-electron chi connectivity index (χ0n) is 36.3. The van der Waals surface area contributed by atoms with Gasteiger partial charge in [0.05, 0.1) is 0 Å². The average Bonchev–Trinajstić information content (AvgIpc) is 3.34. The van der Waals surface area contributed by atoms with Crippen LogP contribution in [0.1, 0.15) is 4.28 Å². The molecule has 9 rings (SSSR count). The predicted molar refractivity (Wildman–Crippen MR) is 265 cm³/mol. The predicted octanol–water partition coefficient (Wildman–Crippen LogP) is 9.24. The molecule has 0 atom stereocenters. The summed E-state index contributed by atoms with van der Waals surface area (Å²) in [6.07, 6.45) is 0. The maximum absolute atomic E-state index is 8.00. The minimum absolute atomic E-state index is 0. The Morgan fingerprint density at radius 1 is 0.250 bits per heavy atom.